The van der Waals surface area contributed by atoms with Crippen LogP contribution < -0.4 is 10.7 Å². The maximum atomic E-state index is 12.7. The molecule has 1 atom stereocenters. The first-order valence-electron chi connectivity index (χ1n) is 8.42. The van der Waals surface area contributed by atoms with E-state index in [4.69, 9.17) is 5.73 Å². The molecule has 0 spiro atoms. The van der Waals surface area contributed by atoms with Crippen molar-refractivity contribution in [1.29, 1.82) is 0 Å². The fraction of sp³-hybridized carbons (Fsp3) is 0.263. The number of nitrogens with two attached hydrogens (primary N) is 1. The SMILES string of the molecule is CN(CCc1ccccn1)C(=O)C1=NN(c2ccccc2)C(C(N)=O)C1. The quantitative estimate of drug-likeness (QED) is 0.846. The van der Waals surface area contributed by atoms with Gasteiger partial charge in [0.2, 0.25) is 5.91 Å². The minimum atomic E-state index is -0.652. The summed E-state index contributed by atoms with van der Waals surface area (Å²) in [6, 6.07) is 14.3. The third-order valence-corrected chi connectivity index (χ3v) is 4.28. The lowest BCUT2D eigenvalue weighted by atomic mass is 10.1. The van der Waals surface area contributed by atoms with Crippen molar-refractivity contribution in [1.82, 2.24) is 9.88 Å². The van der Waals surface area contributed by atoms with Gasteiger partial charge in [-0.25, -0.2) is 0 Å². The third-order valence-electron chi connectivity index (χ3n) is 4.28. The van der Waals surface area contributed by atoms with Crippen molar-refractivity contribution in [2.24, 2.45) is 10.8 Å². The molecule has 0 saturated carbocycles. The van der Waals surface area contributed by atoms with Crippen LogP contribution in [0.15, 0.2) is 59.8 Å². The molecule has 2 N–H and O–H groups in total. The van der Waals surface area contributed by atoms with Crippen LogP contribution in [-0.4, -0.2) is 47.0 Å². The molecule has 0 bridgehead atoms. The van der Waals surface area contributed by atoms with Crippen LogP contribution >= 0.6 is 0 Å². The van der Waals surface area contributed by atoms with Crippen molar-refractivity contribution in [3.8, 4) is 0 Å². The third kappa shape index (κ3) is 3.88. The van der Waals surface area contributed by atoms with Crippen LogP contribution in [0.5, 0.6) is 0 Å². The smallest absolute Gasteiger partial charge is 0.269 e. The first kappa shape index (κ1) is 17.6. The number of benzene rings is 1. The van der Waals surface area contributed by atoms with Crippen molar-refractivity contribution in [3.63, 3.8) is 0 Å². The normalized spacial score (nSPS) is 16.3. The molecular formula is C19H21N5O2. The van der Waals surface area contributed by atoms with Crippen LogP contribution in [0.1, 0.15) is 12.1 Å². The molecule has 2 aromatic rings. The molecule has 26 heavy (non-hydrogen) atoms. The van der Waals surface area contributed by atoms with E-state index in [2.05, 4.69) is 10.1 Å². The Labute approximate surface area is 152 Å². The zero-order chi connectivity index (χ0) is 18.5. The van der Waals surface area contributed by atoms with Gasteiger partial charge in [0.15, 0.2) is 0 Å². The van der Waals surface area contributed by atoms with Gasteiger partial charge in [-0.2, -0.15) is 5.10 Å². The Morgan fingerprint density at radius 1 is 1.19 bits per heavy atom. The number of aromatic nitrogens is 1. The minimum Gasteiger partial charge on any atom is -0.368 e. The molecule has 3 rings (SSSR count). The molecule has 134 valence electrons. The molecule has 1 aliphatic heterocycles. The average molecular weight is 351 g/mol. The molecule has 2 heterocycles. The number of amides is 2. The molecule has 0 radical (unpaired) electrons. The fourth-order valence-corrected chi connectivity index (χ4v) is 2.83. The monoisotopic (exact) mass is 351 g/mol. The Morgan fingerprint density at radius 3 is 2.58 bits per heavy atom. The lowest BCUT2D eigenvalue weighted by Crippen LogP contribution is -2.40. The Hall–Kier alpha value is -3.22. The van der Waals surface area contributed by atoms with E-state index in [1.807, 2.05) is 48.5 Å². The van der Waals surface area contributed by atoms with Gasteiger partial charge in [0.25, 0.3) is 5.91 Å². The summed E-state index contributed by atoms with van der Waals surface area (Å²) in [7, 11) is 1.72. The molecule has 7 nitrogen and oxygen atoms in total. The number of anilines is 1. The number of hydrazone groups is 1. The van der Waals surface area contributed by atoms with E-state index in [9.17, 15) is 9.59 Å². The second kappa shape index (κ2) is 7.77. The molecule has 1 aromatic heterocycles. The molecule has 0 aliphatic carbocycles. The number of para-hydroxylation sites is 1. The molecule has 1 unspecified atom stereocenters. The Balaban J connectivity index is 1.71. The maximum absolute atomic E-state index is 12.7. The van der Waals surface area contributed by atoms with Crippen molar-refractivity contribution in [2.75, 3.05) is 18.6 Å². The first-order valence-corrected chi connectivity index (χ1v) is 8.42. The molecule has 0 saturated heterocycles. The van der Waals surface area contributed by atoms with Crippen LogP contribution in [0.3, 0.4) is 0 Å². The van der Waals surface area contributed by atoms with Gasteiger partial charge >= 0.3 is 0 Å². The van der Waals surface area contributed by atoms with E-state index in [0.29, 0.717) is 18.7 Å². The van der Waals surface area contributed by atoms with Crippen LogP contribution in [0.25, 0.3) is 0 Å². The topological polar surface area (TPSA) is 91.9 Å². The second-order valence-corrected chi connectivity index (χ2v) is 6.15. The summed E-state index contributed by atoms with van der Waals surface area (Å²) in [6.45, 7) is 0.515. The highest BCUT2D eigenvalue weighted by Crippen LogP contribution is 2.24. The predicted octanol–water partition coefficient (Wildman–Crippen LogP) is 1.20. The molecule has 1 aliphatic rings. The summed E-state index contributed by atoms with van der Waals surface area (Å²) in [6.07, 6.45) is 2.59. The minimum absolute atomic E-state index is 0.203. The second-order valence-electron chi connectivity index (χ2n) is 6.15. The molecule has 2 amide bonds. The molecule has 7 heteroatoms. The summed E-state index contributed by atoms with van der Waals surface area (Å²) >= 11 is 0. The molecule has 0 fully saturated rings. The summed E-state index contributed by atoms with van der Waals surface area (Å²) in [4.78, 5) is 30.4. The van der Waals surface area contributed by atoms with Crippen LogP contribution in [-0.2, 0) is 16.0 Å². The lowest BCUT2D eigenvalue weighted by Gasteiger charge is -2.20. The Kier molecular flexibility index (Phi) is 5.26. The van der Waals surface area contributed by atoms with Gasteiger partial charge in [-0.1, -0.05) is 24.3 Å². The van der Waals surface area contributed by atoms with E-state index < -0.39 is 11.9 Å². The van der Waals surface area contributed by atoms with E-state index >= 15 is 0 Å². The lowest BCUT2D eigenvalue weighted by molar-refractivity contribution is -0.122. The zero-order valence-corrected chi connectivity index (χ0v) is 14.6. The van der Waals surface area contributed by atoms with E-state index in [-0.39, 0.29) is 12.3 Å². The highest BCUT2D eigenvalue weighted by Gasteiger charge is 2.35. The van der Waals surface area contributed by atoms with Gasteiger partial charge in [-0.3, -0.25) is 19.6 Å². The first-order chi connectivity index (χ1) is 12.6. The van der Waals surface area contributed by atoms with Crippen LogP contribution in [0, 0.1) is 0 Å². The Morgan fingerprint density at radius 2 is 1.92 bits per heavy atom. The number of primary amides is 1. The van der Waals surface area contributed by atoms with Gasteiger partial charge in [0, 0.05) is 38.3 Å². The summed E-state index contributed by atoms with van der Waals surface area (Å²) in [5, 5.41) is 5.91. The number of nitrogens with zero attached hydrogens (tertiary/aromatic N) is 4. The number of hydrogen-bond donors (Lipinski definition) is 1. The van der Waals surface area contributed by atoms with Crippen molar-refractivity contribution in [2.45, 2.75) is 18.9 Å². The largest absolute Gasteiger partial charge is 0.368 e. The number of carbonyl (C=O) groups is 2. The molecular weight excluding hydrogens is 330 g/mol. The number of likely N-dealkylation sites (N-methyl/N-ethyl adjacent to an activating group) is 1. The predicted molar refractivity (Wildman–Crippen MR) is 99.5 cm³/mol. The van der Waals surface area contributed by atoms with Crippen molar-refractivity contribution >= 4 is 23.2 Å². The van der Waals surface area contributed by atoms with Crippen molar-refractivity contribution in [3.05, 3.63) is 60.4 Å². The Bertz CT molecular complexity index is 807. The van der Waals surface area contributed by atoms with Crippen LogP contribution in [0.4, 0.5) is 5.69 Å². The summed E-state index contributed by atoms with van der Waals surface area (Å²) < 4.78 is 0. The zero-order valence-electron chi connectivity index (χ0n) is 14.6. The van der Waals surface area contributed by atoms with Gasteiger partial charge in [-0.15, -0.1) is 0 Å². The summed E-state index contributed by atoms with van der Waals surface area (Å²) in [5.41, 5.74) is 7.50. The number of pyridine rings is 1. The van der Waals surface area contributed by atoms with Gasteiger partial charge in [-0.05, 0) is 24.3 Å². The number of hydrogen-bond acceptors (Lipinski definition) is 5. The maximum Gasteiger partial charge on any atom is 0.269 e. The molecule has 1 aromatic carbocycles. The van der Waals surface area contributed by atoms with E-state index in [1.54, 1.807) is 18.1 Å². The highest BCUT2D eigenvalue weighted by atomic mass is 16.2. The number of rotatable bonds is 6. The van der Waals surface area contributed by atoms with Gasteiger partial charge in [0.05, 0.1) is 5.69 Å². The van der Waals surface area contributed by atoms with Crippen molar-refractivity contribution < 1.29 is 9.59 Å². The van der Waals surface area contributed by atoms with Gasteiger partial charge in [0.1, 0.15) is 11.8 Å². The highest BCUT2D eigenvalue weighted by molar-refractivity contribution is 6.40. The fourth-order valence-electron chi connectivity index (χ4n) is 2.83. The van der Waals surface area contributed by atoms with Crippen LogP contribution in [0.2, 0.25) is 0 Å². The number of carbonyl (C=O) groups excluding carboxylic acids is 2. The average Bonchev–Trinajstić information content (AvgIpc) is 3.13. The summed E-state index contributed by atoms with van der Waals surface area (Å²) in [5.74, 6) is -0.706. The van der Waals surface area contributed by atoms with E-state index in [0.717, 1.165) is 11.4 Å². The standard InChI is InChI=1S/C19H21N5O2/c1-23(12-10-14-7-5-6-11-21-14)19(26)16-13-17(18(20)25)24(22-16)15-8-3-2-4-9-15/h2-9,11,17H,10,12-13H2,1H3,(H2,20,25). The van der Waals surface area contributed by atoms with E-state index in [1.165, 1.54) is 5.01 Å². The van der Waals surface area contributed by atoms with Gasteiger partial charge < -0.3 is 10.6 Å².